The molecule has 2 aromatic carbocycles. The number of unbranched alkanes of at least 4 members (excludes halogenated alkanes) is 10. The van der Waals surface area contributed by atoms with Gasteiger partial charge in [-0.25, -0.2) is 0 Å². The average Bonchev–Trinajstić information content (AvgIpc) is 2.93. The lowest BCUT2D eigenvalue weighted by Crippen LogP contribution is -2.04. The molecule has 0 aromatic heterocycles. The van der Waals surface area contributed by atoms with Crippen molar-refractivity contribution >= 4 is 11.4 Å². The Labute approximate surface area is 220 Å². The molecule has 0 saturated carbocycles. The van der Waals surface area contributed by atoms with Gasteiger partial charge in [0.15, 0.2) is 0 Å². The molecule has 0 bridgehead atoms. The Balaban J connectivity index is 2.21. The zero-order valence-electron chi connectivity index (χ0n) is 23.2. The van der Waals surface area contributed by atoms with Crippen LogP contribution >= 0.6 is 0 Å². The lowest BCUT2D eigenvalue weighted by molar-refractivity contribution is 0.414. The third-order valence-corrected chi connectivity index (χ3v) is 6.67. The van der Waals surface area contributed by atoms with Gasteiger partial charge in [-0.05, 0) is 85.3 Å². The predicted molar refractivity (Wildman–Crippen MR) is 155 cm³/mol. The second kappa shape index (κ2) is 18.6. The molecule has 0 heterocycles. The number of nitrogens with zero attached hydrogens (tertiary/aromatic N) is 2. The fourth-order valence-electron chi connectivity index (χ4n) is 4.34. The van der Waals surface area contributed by atoms with Gasteiger partial charge in [0.1, 0.15) is 11.5 Å². The van der Waals surface area contributed by atoms with Gasteiger partial charge in [0.05, 0.1) is 25.6 Å². The van der Waals surface area contributed by atoms with Gasteiger partial charge < -0.3 is 9.47 Å². The molecule has 4 nitrogen and oxygen atoms in total. The first-order valence-corrected chi connectivity index (χ1v) is 14.1. The maximum Gasteiger partial charge on any atom is 0.118 e. The zero-order valence-corrected chi connectivity index (χ0v) is 23.2. The number of rotatable bonds is 19. The van der Waals surface area contributed by atoms with Crippen molar-refractivity contribution in [3.8, 4) is 11.5 Å². The summed E-state index contributed by atoms with van der Waals surface area (Å²) in [5, 5.41) is 9.73. The van der Waals surface area contributed by atoms with E-state index < -0.39 is 0 Å². The van der Waals surface area contributed by atoms with E-state index in [1.807, 2.05) is 24.3 Å². The highest BCUT2D eigenvalue weighted by atomic mass is 16.5. The standard InChI is InChI=1S/C32H48N2O2/c1-5-7-9-11-13-15-17-31(27-19-23-29(35-3)24-20-27)33-34-32(18-16-14-12-10-8-6-2)28-21-25-30(36-4)26-22-28/h19-26H,5-18H2,1-4H3/b33-31+,34-32+. The van der Waals surface area contributed by atoms with Crippen molar-refractivity contribution in [2.24, 2.45) is 10.2 Å². The molecule has 0 radical (unpaired) electrons. The summed E-state index contributed by atoms with van der Waals surface area (Å²) in [6.45, 7) is 4.52. The second-order valence-electron chi connectivity index (χ2n) is 9.59. The van der Waals surface area contributed by atoms with Crippen LogP contribution in [-0.4, -0.2) is 25.6 Å². The molecular formula is C32H48N2O2. The van der Waals surface area contributed by atoms with Gasteiger partial charge in [0, 0.05) is 0 Å². The van der Waals surface area contributed by atoms with E-state index in [0.29, 0.717) is 0 Å². The van der Waals surface area contributed by atoms with Gasteiger partial charge in [-0.2, -0.15) is 10.2 Å². The Morgan fingerprint density at radius 1 is 0.500 bits per heavy atom. The Hall–Kier alpha value is -2.62. The highest BCUT2D eigenvalue weighted by molar-refractivity contribution is 6.03. The molecule has 0 aliphatic rings. The van der Waals surface area contributed by atoms with Crippen LogP contribution in [0.15, 0.2) is 58.7 Å². The van der Waals surface area contributed by atoms with Crippen molar-refractivity contribution in [2.75, 3.05) is 14.2 Å². The van der Waals surface area contributed by atoms with Crippen LogP contribution < -0.4 is 9.47 Å². The molecule has 0 unspecified atom stereocenters. The van der Waals surface area contributed by atoms with Crippen LogP contribution in [0.3, 0.4) is 0 Å². The highest BCUT2D eigenvalue weighted by Crippen LogP contribution is 2.19. The van der Waals surface area contributed by atoms with Gasteiger partial charge in [0.2, 0.25) is 0 Å². The van der Waals surface area contributed by atoms with Crippen LogP contribution in [0.4, 0.5) is 0 Å². The molecule has 4 heteroatoms. The van der Waals surface area contributed by atoms with Crippen molar-refractivity contribution in [1.82, 2.24) is 0 Å². The van der Waals surface area contributed by atoms with Crippen molar-refractivity contribution in [3.05, 3.63) is 59.7 Å². The third-order valence-electron chi connectivity index (χ3n) is 6.67. The summed E-state index contributed by atoms with van der Waals surface area (Å²) in [7, 11) is 3.40. The van der Waals surface area contributed by atoms with Crippen LogP contribution in [0.25, 0.3) is 0 Å². The normalized spacial score (nSPS) is 12.1. The summed E-state index contributed by atoms with van der Waals surface area (Å²) in [6, 6.07) is 16.5. The smallest absolute Gasteiger partial charge is 0.118 e. The van der Waals surface area contributed by atoms with Crippen molar-refractivity contribution in [3.63, 3.8) is 0 Å². The molecule has 0 atom stereocenters. The molecule has 0 spiro atoms. The number of benzene rings is 2. The van der Waals surface area contributed by atoms with E-state index in [1.54, 1.807) is 14.2 Å². The van der Waals surface area contributed by atoms with Gasteiger partial charge in [-0.15, -0.1) is 0 Å². The number of ether oxygens (including phenoxy) is 2. The molecule has 0 N–H and O–H groups in total. The number of hydrogen-bond donors (Lipinski definition) is 0. The van der Waals surface area contributed by atoms with E-state index in [4.69, 9.17) is 19.7 Å². The van der Waals surface area contributed by atoms with Crippen LogP contribution in [0.5, 0.6) is 11.5 Å². The molecule has 0 aliphatic carbocycles. The summed E-state index contributed by atoms with van der Waals surface area (Å²) in [5.74, 6) is 1.73. The van der Waals surface area contributed by atoms with Crippen molar-refractivity contribution < 1.29 is 9.47 Å². The van der Waals surface area contributed by atoms with Gasteiger partial charge >= 0.3 is 0 Å². The Bertz CT molecular complexity index is 810. The summed E-state index contributed by atoms with van der Waals surface area (Å²) >= 11 is 0. The Morgan fingerprint density at radius 2 is 0.833 bits per heavy atom. The maximum absolute atomic E-state index is 5.36. The van der Waals surface area contributed by atoms with Crippen molar-refractivity contribution in [2.45, 2.75) is 104 Å². The third kappa shape index (κ3) is 11.4. The fraction of sp³-hybridized carbons (Fsp3) is 0.562. The van der Waals surface area contributed by atoms with E-state index in [0.717, 1.165) is 59.7 Å². The highest BCUT2D eigenvalue weighted by Gasteiger charge is 2.08. The number of hydrogen-bond acceptors (Lipinski definition) is 4. The van der Waals surface area contributed by atoms with E-state index in [1.165, 1.54) is 64.2 Å². The minimum absolute atomic E-state index is 0.864. The van der Waals surface area contributed by atoms with Crippen molar-refractivity contribution in [1.29, 1.82) is 0 Å². The van der Waals surface area contributed by atoms with E-state index in [9.17, 15) is 0 Å². The summed E-state index contributed by atoms with van der Waals surface area (Å²) < 4.78 is 10.7. The molecule has 198 valence electrons. The minimum Gasteiger partial charge on any atom is -0.497 e. The Kier molecular flexibility index (Phi) is 15.3. The Morgan fingerprint density at radius 3 is 1.17 bits per heavy atom. The van der Waals surface area contributed by atoms with Crippen LogP contribution in [-0.2, 0) is 0 Å². The molecule has 2 aromatic rings. The zero-order chi connectivity index (χ0) is 25.8. The summed E-state index contributed by atoms with van der Waals surface area (Å²) in [6.07, 6.45) is 17.1. The lowest BCUT2D eigenvalue weighted by Gasteiger charge is -2.09. The molecule has 2 rings (SSSR count). The molecule has 36 heavy (non-hydrogen) atoms. The fourth-order valence-corrected chi connectivity index (χ4v) is 4.34. The van der Waals surface area contributed by atoms with Gasteiger partial charge in [0.25, 0.3) is 0 Å². The second-order valence-corrected chi connectivity index (χ2v) is 9.59. The molecule has 0 fully saturated rings. The first kappa shape index (κ1) is 29.6. The van der Waals surface area contributed by atoms with E-state index >= 15 is 0 Å². The molecule has 0 amide bonds. The van der Waals surface area contributed by atoms with Crippen LogP contribution in [0.1, 0.15) is 115 Å². The molecule has 0 aliphatic heterocycles. The van der Waals surface area contributed by atoms with Crippen LogP contribution in [0, 0.1) is 0 Å². The number of methoxy groups -OCH3 is 2. The van der Waals surface area contributed by atoms with Gasteiger partial charge in [-0.1, -0.05) is 78.1 Å². The molecular weight excluding hydrogens is 444 g/mol. The topological polar surface area (TPSA) is 43.2 Å². The first-order valence-electron chi connectivity index (χ1n) is 14.1. The monoisotopic (exact) mass is 492 g/mol. The summed E-state index contributed by atoms with van der Waals surface area (Å²) in [4.78, 5) is 0. The quantitative estimate of drug-likeness (QED) is 0.111. The first-order chi connectivity index (χ1) is 17.7. The SMILES string of the molecule is CCCCCCCC/C(=N\N=C(/CCCCCCCC)c1ccc(OC)cc1)c1ccc(OC)cc1. The molecule has 0 saturated heterocycles. The van der Waals surface area contributed by atoms with E-state index in [-0.39, 0.29) is 0 Å². The van der Waals surface area contributed by atoms with Crippen LogP contribution in [0.2, 0.25) is 0 Å². The largest absolute Gasteiger partial charge is 0.497 e. The van der Waals surface area contributed by atoms with Gasteiger partial charge in [-0.3, -0.25) is 0 Å². The van der Waals surface area contributed by atoms with E-state index in [2.05, 4.69) is 38.1 Å². The lowest BCUT2D eigenvalue weighted by atomic mass is 10.0. The summed E-state index contributed by atoms with van der Waals surface area (Å²) in [5.41, 5.74) is 4.37. The average molecular weight is 493 g/mol. The predicted octanol–water partition coefficient (Wildman–Crippen LogP) is 9.40. The minimum atomic E-state index is 0.864. The maximum atomic E-state index is 5.36.